The number of aromatic nitrogens is 3. The van der Waals surface area contributed by atoms with Gasteiger partial charge in [0.05, 0.1) is 5.69 Å². The quantitative estimate of drug-likeness (QED) is 0.799. The number of pyridine rings is 1. The zero-order chi connectivity index (χ0) is 10.3. The molecule has 4 heteroatoms. The number of nitrogens with zero attached hydrogens (tertiary/aromatic N) is 2. The first kappa shape index (κ1) is 8.47. The summed E-state index contributed by atoms with van der Waals surface area (Å²) in [6.45, 7) is 0. The molecule has 2 aromatic heterocycles. The van der Waals surface area contributed by atoms with Crippen LogP contribution in [0.2, 0.25) is 0 Å². The minimum absolute atomic E-state index is 0.00287. The van der Waals surface area contributed by atoms with E-state index < -0.39 is 0 Å². The third-order valence-corrected chi connectivity index (χ3v) is 2.68. The predicted octanol–water partition coefficient (Wildman–Crippen LogP) is 1.44. The lowest BCUT2D eigenvalue weighted by Gasteiger charge is -2.00. The highest BCUT2D eigenvalue weighted by atomic mass is 16.1. The maximum atomic E-state index is 11.7. The molecule has 1 fully saturated rings. The second-order valence-electron chi connectivity index (χ2n) is 3.86. The van der Waals surface area contributed by atoms with Crippen molar-refractivity contribution in [1.82, 2.24) is 14.8 Å². The van der Waals surface area contributed by atoms with Crippen LogP contribution in [0.5, 0.6) is 0 Å². The Morgan fingerprint density at radius 2 is 2.07 bits per heavy atom. The molecular weight excluding hydrogens is 190 g/mol. The number of rotatable bonds is 2. The van der Waals surface area contributed by atoms with Crippen molar-refractivity contribution < 1.29 is 0 Å². The van der Waals surface area contributed by atoms with E-state index in [2.05, 4.69) is 10.1 Å². The SMILES string of the molecule is O=c1cc(C2CC2)[nH]n1-c1ccncc1. The van der Waals surface area contributed by atoms with Gasteiger partial charge in [0.25, 0.3) is 5.56 Å². The van der Waals surface area contributed by atoms with E-state index in [9.17, 15) is 4.79 Å². The highest BCUT2D eigenvalue weighted by molar-refractivity contribution is 5.29. The van der Waals surface area contributed by atoms with Crippen molar-refractivity contribution in [1.29, 1.82) is 0 Å². The molecule has 0 amide bonds. The lowest BCUT2D eigenvalue weighted by atomic mass is 10.3. The summed E-state index contributed by atoms with van der Waals surface area (Å²) in [6.07, 6.45) is 5.74. The van der Waals surface area contributed by atoms with Gasteiger partial charge in [-0.3, -0.25) is 14.9 Å². The zero-order valence-electron chi connectivity index (χ0n) is 8.18. The normalized spacial score (nSPS) is 15.5. The molecule has 76 valence electrons. The van der Waals surface area contributed by atoms with E-state index in [1.54, 1.807) is 23.1 Å². The Labute approximate surface area is 86.6 Å². The molecule has 3 rings (SSSR count). The van der Waals surface area contributed by atoms with Gasteiger partial charge in [-0.15, -0.1) is 0 Å². The summed E-state index contributed by atoms with van der Waals surface area (Å²) >= 11 is 0. The van der Waals surface area contributed by atoms with Crippen LogP contribution in [0.15, 0.2) is 35.4 Å². The molecule has 1 aliphatic carbocycles. The predicted molar refractivity (Wildman–Crippen MR) is 56.2 cm³/mol. The first-order chi connectivity index (χ1) is 7.34. The Bertz CT molecular complexity index is 522. The maximum Gasteiger partial charge on any atom is 0.271 e. The average Bonchev–Trinajstić information content (AvgIpc) is 3.04. The summed E-state index contributed by atoms with van der Waals surface area (Å²) in [5, 5.41) is 3.14. The molecule has 0 unspecified atom stereocenters. The summed E-state index contributed by atoms with van der Waals surface area (Å²) in [7, 11) is 0. The van der Waals surface area contributed by atoms with Crippen molar-refractivity contribution in [3.8, 4) is 5.69 Å². The van der Waals surface area contributed by atoms with E-state index in [0.717, 1.165) is 11.4 Å². The van der Waals surface area contributed by atoms with E-state index in [0.29, 0.717) is 5.92 Å². The summed E-state index contributed by atoms with van der Waals surface area (Å²) < 4.78 is 1.56. The molecule has 1 aliphatic rings. The standard InChI is InChI=1S/C11H11N3O/c15-11-7-10(8-1-2-8)13-14(11)9-3-5-12-6-4-9/h3-8,13H,1-2H2. The summed E-state index contributed by atoms with van der Waals surface area (Å²) in [4.78, 5) is 15.6. The third kappa shape index (κ3) is 1.48. The van der Waals surface area contributed by atoms with Crippen LogP contribution in [0.1, 0.15) is 24.5 Å². The highest BCUT2D eigenvalue weighted by Gasteiger charge is 2.26. The van der Waals surface area contributed by atoms with Crippen molar-refractivity contribution in [3.63, 3.8) is 0 Å². The Morgan fingerprint density at radius 3 is 2.73 bits per heavy atom. The largest absolute Gasteiger partial charge is 0.295 e. The lowest BCUT2D eigenvalue weighted by Crippen LogP contribution is -2.13. The fraction of sp³-hybridized carbons (Fsp3) is 0.273. The number of H-pyrrole nitrogens is 1. The van der Waals surface area contributed by atoms with Gasteiger partial charge in [0.2, 0.25) is 0 Å². The Balaban J connectivity index is 2.08. The highest BCUT2D eigenvalue weighted by Crippen LogP contribution is 2.38. The molecule has 0 saturated heterocycles. The molecule has 0 aromatic carbocycles. The molecule has 0 aliphatic heterocycles. The number of hydrogen-bond donors (Lipinski definition) is 1. The average molecular weight is 201 g/mol. The number of nitrogens with one attached hydrogen (secondary N) is 1. The molecule has 15 heavy (non-hydrogen) atoms. The topological polar surface area (TPSA) is 50.7 Å². The Morgan fingerprint density at radius 1 is 1.33 bits per heavy atom. The van der Waals surface area contributed by atoms with Gasteiger partial charge >= 0.3 is 0 Å². The Hall–Kier alpha value is -1.84. The smallest absolute Gasteiger partial charge is 0.271 e. The van der Waals surface area contributed by atoms with Gasteiger partial charge in [-0.25, -0.2) is 4.68 Å². The van der Waals surface area contributed by atoms with Crippen molar-refractivity contribution in [3.05, 3.63) is 46.6 Å². The van der Waals surface area contributed by atoms with Gasteiger partial charge in [-0.05, 0) is 25.0 Å². The van der Waals surface area contributed by atoms with Crippen LogP contribution >= 0.6 is 0 Å². The molecule has 2 aromatic rings. The van der Waals surface area contributed by atoms with Crippen molar-refractivity contribution >= 4 is 0 Å². The van der Waals surface area contributed by atoms with Gasteiger partial charge in [0, 0.05) is 30.1 Å². The number of aromatic amines is 1. The van der Waals surface area contributed by atoms with Crippen LogP contribution < -0.4 is 5.56 Å². The minimum Gasteiger partial charge on any atom is -0.295 e. The van der Waals surface area contributed by atoms with E-state index >= 15 is 0 Å². The van der Waals surface area contributed by atoms with E-state index in [-0.39, 0.29) is 5.56 Å². The van der Waals surface area contributed by atoms with Crippen LogP contribution in [0.3, 0.4) is 0 Å². The molecular formula is C11H11N3O. The van der Waals surface area contributed by atoms with Gasteiger partial charge in [-0.2, -0.15) is 0 Å². The second kappa shape index (κ2) is 3.08. The van der Waals surface area contributed by atoms with Gasteiger partial charge in [-0.1, -0.05) is 0 Å². The monoisotopic (exact) mass is 201 g/mol. The van der Waals surface area contributed by atoms with E-state index in [4.69, 9.17) is 0 Å². The van der Waals surface area contributed by atoms with Gasteiger partial charge in [0.15, 0.2) is 0 Å². The molecule has 0 atom stereocenters. The lowest BCUT2D eigenvalue weighted by molar-refractivity contribution is 0.814. The molecule has 4 nitrogen and oxygen atoms in total. The van der Waals surface area contributed by atoms with Crippen LogP contribution in [-0.2, 0) is 0 Å². The molecule has 0 radical (unpaired) electrons. The van der Waals surface area contributed by atoms with E-state index in [1.165, 1.54) is 12.8 Å². The fourth-order valence-electron chi connectivity index (χ4n) is 1.70. The molecule has 0 spiro atoms. The van der Waals surface area contributed by atoms with Crippen molar-refractivity contribution in [2.45, 2.75) is 18.8 Å². The molecule has 0 bridgehead atoms. The van der Waals surface area contributed by atoms with Crippen molar-refractivity contribution in [2.24, 2.45) is 0 Å². The zero-order valence-corrected chi connectivity index (χ0v) is 8.18. The summed E-state index contributed by atoms with van der Waals surface area (Å²) in [6, 6.07) is 5.32. The first-order valence-electron chi connectivity index (χ1n) is 5.07. The van der Waals surface area contributed by atoms with Crippen molar-refractivity contribution in [2.75, 3.05) is 0 Å². The molecule has 1 saturated carbocycles. The van der Waals surface area contributed by atoms with Gasteiger partial charge < -0.3 is 0 Å². The third-order valence-electron chi connectivity index (χ3n) is 2.68. The summed E-state index contributed by atoms with van der Waals surface area (Å²) in [5.74, 6) is 0.570. The molecule has 2 heterocycles. The minimum atomic E-state index is 0.00287. The van der Waals surface area contributed by atoms with Crippen LogP contribution in [-0.4, -0.2) is 14.8 Å². The second-order valence-corrected chi connectivity index (χ2v) is 3.86. The first-order valence-corrected chi connectivity index (χ1v) is 5.07. The van der Waals surface area contributed by atoms with Crippen LogP contribution in [0.4, 0.5) is 0 Å². The molecule has 1 N–H and O–H groups in total. The fourth-order valence-corrected chi connectivity index (χ4v) is 1.70. The Kier molecular flexibility index (Phi) is 1.74. The van der Waals surface area contributed by atoms with E-state index in [1.807, 2.05) is 12.1 Å². The number of hydrogen-bond acceptors (Lipinski definition) is 2. The van der Waals surface area contributed by atoms with Crippen LogP contribution in [0, 0.1) is 0 Å². The summed E-state index contributed by atoms with van der Waals surface area (Å²) in [5.41, 5.74) is 1.89. The van der Waals surface area contributed by atoms with Crippen LogP contribution in [0.25, 0.3) is 5.69 Å². The maximum absolute atomic E-state index is 11.7. The van der Waals surface area contributed by atoms with Gasteiger partial charge in [0.1, 0.15) is 0 Å².